The highest BCUT2D eigenvalue weighted by molar-refractivity contribution is 7.99. The van der Waals surface area contributed by atoms with E-state index in [4.69, 9.17) is 4.74 Å². The zero-order valence-corrected chi connectivity index (χ0v) is 16.4. The Morgan fingerprint density at radius 2 is 1.73 bits per heavy atom. The molecular weight excluding hydrogens is 417 g/mol. The molecule has 30 heavy (non-hydrogen) atoms. The third-order valence-electron chi connectivity index (χ3n) is 3.89. The van der Waals surface area contributed by atoms with Crippen LogP contribution in [-0.2, 0) is 9.53 Å². The number of carbonyl (C=O) groups excluding carboxylic acids is 2. The van der Waals surface area contributed by atoms with Crippen molar-refractivity contribution in [3.63, 3.8) is 0 Å². The lowest BCUT2D eigenvalue weighted by Crippen LogP contribution is -2.30. The lowest BCUT2D eigenvalue weighted by molar-refractivity contribution is -0.123. The summed E-state index contributed by atoms with van der Waals surface area (Å²) in [5.74, 6) is -6.36. The Labute approximate surface area is 174 Å². The fourth-order valence-corrected chi connectivity index (χ4v) is 3.25. The maximum Gasteiger partial charge on any atom is 0.341 e. The number of hydrogen-bond donors (Lipinski definition) is 1. The van der Waals surface area contributed by atoms with Gasteiger partial charge in [0.15, 0.2) is 23.6 Å². The normalized spacial score (nSPS) is 11.6. The molecule has 0 fully saturated rings. The molecule has 0 aliphatic rings. The molecule has 9 heteroatoms. The number of nitrogens with zero attached hydrogens (tertiary/aromatic N) is 1. The Morgan fingerprint density at radius 3 is 2.47 bits per heavy atom. The van der Waals surface area contributed by atoms with Crippen LogP contribution in [0.5, 0.6) is 0 Å². The summed E-state index contributed by atoms with van der Waals surface area (Å²) in [6.07, 6.45) is 0.184. The van der Waals surface area contributed by atoms with Crippen molar-refractivity contribution in [1.82, 2.24) is 4.98 Å². The van der Waals surface area contributed by atoms with Crippen LogP contribution in [0, 0.1) is 17.5 Å². The summed E-state index contributed by atoms with van der Waals surface area (Å²) in [4.78, 5) is 29.8. The van der Waals surface area contributed by atoms with E-state index in [0.29, 0.717) is 11.1 Å². The molecule has 1 atom stereocenters. The zero-order valence-electron chi connectivity index (χ0n) is 15.6. The largest absolute Gasteiger partial charge is 0.449 e. The fourth-order valence-electron chi connectivity index (χ4n) is 2.36. The van der Waals surface area contributed by atoms with Gasteiger partial charge in [0.25, 0.3) is 5.91 Å². The van der Waals surface area contributed by atoms with Crippen molar-refractivity contribution in [3.05, 3.63) is 83.8 Å². The second-order valence-electron chi connectivity index (χ2n) is 6.03. The molecule has 1 amide bonds. The maximum absolute atomic E-state index is 13.7. The van der Waals surface area contributed by atoms with E-state index in [1.54, 1.807) is 6.07 Å². The van der Waals surface area contributed by atoms with Crippen molar-refractivity contribution in [3.8, 4) is 0 Å². The van der Waals surface area contributed by atoms with E-state index in [0.717, 1.165) is 11.0 Å². The summed E-state index contributed by atoms with van der Waals surface area (Å²) >= 11 is 1.25. The first-order chi connectivity index (χ1) is 14.4. The van der Waals surface area contributed by atoms with Crippen LogP contribution in [0.15, 0.2) is 70.7 Å². The van der Waals surface area contributed by atoms with Gasteiger partial charge in [-0.2, -0.15) is 0 Å². The fraction of sp³-hybridized carbons (Fsp3) is 0.0952. The van der Waals surface area contributed by atoms with Crippen LogP contribution in [0.1, 0.15) is 17.3 Å². The Bertz CT molecular complexity index is 1080. The molecule has 2 aromatic carbocycles. The second-order valence-corrected chi connectivity index (χ2v) is 7.09. The Balaban J connectivity index is 1.70. The van der Waals surface area contributed by atoms with Gasteiger partial charge in [0, 0.05) is 11.1 Å². The molecule has 1 heterocycles. The van der Waals surface area contributed by atoms with Crippen LogP contribution in [0.4, 0.5) is 18.9 Å². The van der Waals surface area contributed by atoms with Crippen LogP contribution >= 0.6 is 11.8 Å². The lowest BCUT2D eigenvalue weighted by atomic mass is 10.2. The number of hydrogen-bond acceptors (Lipinski definition) is 5. The maximum atomic E-state index is 13.7. The van der Waals surface area contributed by atoms with Gasteiger partial charge in [-0.1, -0.05) is 30.0 Å². The van der Waals surface area contributed by atoms with Gasteiger partial charge in [-0.05, 0) is 43.3 Å². The van der Waals surface area contributed by atoms with Gasteiger partial charge >= 0.3 is 5.97 Å². The van der Waals surface area contributed by atoms with E-state index < -0.39 is 41.1 Å². The summed E-state index contributed by atoms with van der Waals surface area (Å²) in [6, 6.07) is 13.8. The molecule has 1 N–H and O–H groups in total. The van der Waals surface area contributed by atoms with Crippen LogP contribution in [-0.4, -0.2) is 23.0 Å². The van der Waals surface area contributed by atoms with Crippen molar-refractivity contribution < 1.29 is 27.5 Å². The van der Waals surface area contributed by atoms with E-state index in [-0.39, 0.29) is 5.56 Å². The molecule has 5 nitrogen and oxygen atoms in total. The number of amides is 1. The summed E-state index contributed by atoms with van der Waals surface area (Å²) in [7, 11) is 0. The molecule has 0 bridgehead atoms. The number of pyridine rings is 1. The van der Waals surface area contributed by atoms with Gasteiger partial charge in [-0.15, -0.1) is 0 Å². The Kier molecular flexibility index (Phi) is 6.73. The number of carbonyl (C=O) groups is 2. The average molecular weight is 432 g/mol. The molecule has 0 aliphatic carbocycles. The summed E-state index contributed by atoms with van der Waals surface area (Å²) in [5.41, 5.74) is -0.423. The van der Waals surface area contributed by atoms with E-state index in [1.807, 2.05) is 30.3 Å². The predicted octanol–water partition coefficient (Wildman–Crippen LogP) is 4.83. The van der Waals surface area contributed by atoms with Gasteiger partial charge in [0.05, 0.1) is 11.3 Å². The van der Waals surface area contributed by atoms with E-state index >= 15 is 0 Å². The molecule has 0 saturated heterocycles. The number of benzene rings is 2. The number of aromatic nitrogens is 1. The molecule has 0 aliphatic heterocycles. The van der Waals surface area contributed by atoms with Crippen molar-refractivity contribution in [2.45, 2.75) is 22.9 Å². The third-order valence-corrected chi connectivity index (χ3v) is 4.92. The number of nitrogens with one attached hydrogen (secondary N) is 1. The minimum absolute atomic E-state index is 0.144. The molecular formula is C21H15F3N2O3S. The molecule has 0 spiro atoms. The topological polar surface area (TPSA) is 68.3 Å². The van der Waals surface area contributed by atoms with E-state index in [2.05, 4.69) is 10.3 Å². The molecule has 154 valence electrons. The van der Waals surface area contributed by atoms with Crippen LogP contribution in [0.25, 0.3) is 0 Å². The lowest BCUT2D eigenvalue weighted by Gasteiger charge is -2.15. The van der Waals surface area contributed by atoms with Gasteiger partial charge in [0.1, 0.15) is 5.03 Å². The first-order valence-corrected chi connectivity index (χ1v) is 9.51. The highest BCUT2D eigenvalue weighted by atomic mass is 32.2. The van der Waals surface area contributed by atoms with Gasteiger partial charge in [-0.3, -0.25) is 4.79 Å². The van der Waals surface area contributed by atoms with Gasteiger partial charge < -0.3 is 10.1 Å². The molecule has 3 rings (SSSR count). The highest BCUT2D eigenvalue weighted by Gasteiger charge is 2.23. The minimum Gasteiger partial charge on any atom is -0.449 e. The SMILES string of the molecule is CC(OC(=O)c1cccnc1Sc1ccccc1)C(=O)Nc1ccc(F)c(F)c1F. The predicted molar refractivity (Wildman–Crippen MR) is 105 cm³/mol. The zero-order chi connectivity index (χ0) is 21.7. The molecule has 3 aromatic rings. The second kappa shape index (κ2) is 9.45. The van der Waals surface area contributed by atoms with Crippen molar-refractivity contribution in [1.29, 1.82) is 0 Å². The van der Waals surface area contributed by atoms with E-state index in [9.17, 15) is 22.8 Å². The van der Waals surface area contributed by atoms with Crippen molar-refractivity contribution >= 4 is 29.3 Å². The Morgan fingerprint density at radius 1 is 1.00 bits per heavy atom. The standard InChI is InChI=1S/C21H15F3N2O3S/c1-12(19(27)26-16-10-9-15(22)17(23)18(16)24)29-21(28)14-8-5-11-25-20(14)30-13-6-3-2-4-7-13/h2-12H,1H3,(H,26,27). The number of rotatable bonds is 6. The number of halogens is 3. The monoisotopic (exact) mass is 432 g/mol. The smallest absolute Gasteiger partial charge is 0.341 e. The van der Waals surface area contributed by atoms with Crippen LogP contribution in [0.3, 0.4) is 0 Å². The minimum atomic E-state index is -1.71. The first kappa shape index (κ1) is 21.4. The molecule has 0 saturated carbocycles. The van der Waals surface area contributed by atoms with Crippen molar-refractivity contribution in [2.75, 3.05) is 5.32 Å². The molecule has 0 radical (unpaired) electrons. The number of ether oxygens (including phenoxy) is 1. The summed E-state index contributed by atoms with van der Waals surface area (Å²) in [5, 5.41) is 2.45. The highest BCUT2D eigenvalue weighted by Crippen LogP contribution is 2.29. The van der Waals surface area contributed by atoms with Gasteiger partial charge in [-0.25, -0.2) is 22.9 Å². The van der Waals surface area contributed by atoms with Gasteiger partial charge in [0.2, 0.25) is 0 Å². The quantitative estimate of drug-likeness (QED) is 0.446. The number of anilines is 1. The summed E-state index contributed by atoms with van der Waals surface area (Å²) < 4.78 is 45.2. The van der Waals surface area contributed by atoms with Crippen molar-refractivity contribution in [2.24, 2.45) is 0 Å². The van der Waals surface area contributed by atoms with Crippen LogP contribution in [0.2, 0.25) is 0 Å². The first-order valence-electron chi connectivity index (χ1n) is 8.70. The van der Waals surface area contributed by atoms with E-state index in [1.165, 1.54) is 30.9 Å². The molecule has 1 unspecified atom stereocenters. The number of esters is 1. The van der Waals surface area contributed by atoms with Crippen LogP contribution < -0.4 is 5.32 Å². The third kappa shape index (κ3) is 4.98. The molecule has 1 aromatic heterocycles. The Hall–Kier alpha value is -3.33. The summed E-state index contributed by atoms with van der Waals surface area (Å²) in [6.45, 7) is 1.27. The average Bonchev–Trinajstić information content (AvgIpc) is 2.75.